The van der Waals surface area contributed by atoms with E-state index in [1.807, 2.05) is 24.3 Å². The summed E-state index contributed by atoms with van der Waals surface area (Å²) in [6, 6.07) is 7.52. The Kier molecular flexibility index (Phi) is 4.74. The molecule has 0 amide bonds. The molecule has 112 valence electrons. The summed E-state index contributed by atoms with van der Waals surface area (Å²) in [5.74, 6) is 1.39. The molecule has 0 radical (unpaired) electrons. The molecule has 2 heterocycles. The number of benzene rings is 1. The molecule has 1 aliphatic heterocycles. The molecule has 2 aromatic rings. The number of rotatable bonds is 3. The van der Waals surface area contributed by atoms with Gasteiger partial charge in [-0.15, -0.1) is 11.3 Å². The highest BCUT2D eigenvalue weighted by atomic mass is 79.9. The number of thiophene rings is 1. The Hall–Kier alpha value is -0.750. The van der Waals surface area contributed by atoms with E-state index in [1.165, 1.54) is 11.3 Å². The Morgan fingerprint density at radius 1 is 1.29 bits per heavy atom. The zero-order chi connectivity index (χ0) is 14.8. The van der Waals surface area contributed by atoms with Crippen molar-refractivity contribution in [2.45, 2.75) is 18.9 Å². The summed E-state index contributed by atoms with van der Waals surface area (Å²) < 4.78 is 12.9. The first kappa shape index (κ1) is 15.2. The van der Waals surface area contributed by atoms with Crippen molar-refractivity contribution in [3.63, 3.8) is 0 Å². The van der Waals surface area contributed by atoms with Gasteiger partial charge < -0.3 is 14.6 Å². The predicted molar refractivity (Wildman–Crippen MR) is 87.7 cm³/mol. The van der Waals surface area contributed by atoms with Gasteiger partial charge in [0.2, 0.25) is 0 Å². The highest BCUT2D eigenvalue weighted by Gasteiger charge is 2.19. The van der Waals surface area contributed by atoms with Gasteiger partial charge in [-0.2, -0.15) is 0 Å². The predicted octanol–water partition coefficient (Wildman–Crippen LogP) is 4.60. The van der Waals surface area contributed by atoms with Crippen LogP contribution in [0, 0.1) is 0 Å². The van der Waals surface area contributed by atoms with Crippen LogP contribution in [0.5, 0.6) is 11.5 Å². The standard InChI is InChI=1S/C15H14BrClO3S/c16-11-6-9(7-13-15(11)20-5-1-4-19-13)12(18)8-10-2-3-14(17)21-10/h2-3,6-7,12,18H,1,4-5,8H2. The quantitative estimate of drug-likeness (QED) is 0.833. The minimum atomic E-state index is -0.604. The van der Waals surface area contributed by atoms with Crippen molar-refractivity contribution in [3.05, 3.63) is 43.5 Å². The summed E-state index contributed by atoms with van der Waals surface area (Å²) in [6.07, 6.45) is 0.782. The molecular formula is C15H14BrClO3S. The fourth-order valence-corrected chi connectivity index (χ4v) is 3.91. The Morgan fingerprint density at radius 3 is 2.86 bits per heavy atom. The van der Waals surface area contributed by atoms with E-state index >= 15 is 0 Å². The van der Waals surface area contributed by atoms with Crippen LogP contribution in [0.1, 0.15) is 23.0 Å². The minimum Gasteiger partial charge on any atom is -0.490 e. The first-order valence-corrected chi connectivity index (χ1v) is 8.63. The first-order chi connectivity index (χ1) is 10.1. The van der Waals surface area contributed by atoms with Crippen molar-refractivity contribution in [1.29, 1.82) is 0 Å². The first-order valence-electron chi connectivity index (χ1n) is 6.65. The van der Waals surface area contributed by atoms with Crippen LogP contribution >= 0.6 is 38.9 Å². The number of fused-ring (bicyclic) bond motifs is 1. The lowest BCUT2D eigenvalue weighted by molar-refractivity contribution is 0.178. The molecule has 3 rings (SSSR count). The number of aliphatic hydroxyl groups is 1. The minimum absolute atomic E-state index is 0.531. The van der Waals surface area contributed by atoms with Gasteiger partial charge >= 0.3 is 0 Å². The third-order valence-electron chi connectivity index (χ3n) is 3.23. The molecule has 6 heteroatoms. The molecule has 0 bridgehead atoms. The molecule has 1 aromatic heterocycles. The Morgan fingerprint density at radius 2 is 2.10 bits per heavy atom. The number of hydrogen-bond acceptors (Lipinski definition) is 4. The number of aliphatic hydroxyl groups excluding tert-OH is 1. The number of hydrogen-bond donors (Lipinski definition) is 1. The molecule has 21 heavy (non-hydrogen) atoms. The van der Waals surface area contributed by atoms with Crippen molar-refractivity contribution >= 4 is 38.9 Å². The Bertz CT molecular complexity index is 644. The van der Waals surface area contributed by atoms with Gasteiger partial charge in [0.15, 0.2) is 11.5 Å². The van der Waals surface area contributed by atoms with E-state index in [4.69, 9.17) is 21.1 Å². The van der Waals surface area contributed by atoms with Gasteiger partial charge in [-0.1, -0.05) is 11.6 Å². The second kappa shape index (κ2) is 6.57. The van der Waals surface area contributed by atoms with Crippen molar-refractivity contribution in [2.75, 3.05) is 13.2 Å². The van der Waals surface area contributed by atoms with Gasteiger partial charge in [-0.3, -0.25) is 0 Å². The van der Waals surface area contributed by atoms with Crippen molar-refractivity contribution in [3.8, 4) is 11.5 Å². The summed E-state index contributed by atoms with van der Waals surface area (Å²) >= 11 is 10.9. The van der Waals surface area contributed by atoms with Gasteiger partial charge in [0.1, 0.15) is 0 Å². The highest BCUT2D eigenvalue weighted by molar-refractivity contribution is 9.10. The van der Waals surface area contributed by atoms with Crippen molar-refractivity contribution in [1.82, 2.24) is 0 Å². The average molecular weight is 390 g/mol. The van der Waals surface area contributed by atoms with Gasteiger partial charge in [0.05, 0.1) is 28.1 Å². The van der Waals surface area contributed by atoms with E-state index in [1.54, 1.807) is 0 Å². The largest absolute Gasteiger partial charge is 0.490 e. The molecule has 0 spiro atoms. The monoisotopic (exact) mass is 388 g/mol. The van der Waals surface area contributed by atoms with E-state index in [-0.39, 0.29) is 0 Å². The zero-order valence-corrected chi connectivity index (χ0v) is 14.3. The van der Waals surface area contributed by atoms with E-state index < -0.39 is 6.10 Å². The SMILES string of the molecule is OC(Cc1ccc(Cl)s1)c1cc(Br)c2c(c1)OCCCO2. The topological polar surface area (TPSA) is 38.7 Å². The van der Waals surface area contributed by atoms with Crippen LogP contribution in [0.3, 0.4) is 0 Å². The smallest absolute Gasteiger partial charge is 0.175 e. The molecule has 0 saturated carbocycles. The zero-order valence-electron chi connectivity index (χ0n) is 11.1. The maximum atomic E-state index is 10.4. The molecule has 1 N–H and O–H groups in total. The van der Waals surface area contributed by atoms with Crippen LogP contribution in [-0.2, 0) is 6.42 Å². The van der Waals surface area contributed by atoms with Crippen molar-refractivity contribution in [2.24, 2.45) is 0 Å². The molecule has 1 aliphatic rings. The van der Waals surface area contributed by atoms with Gasteiger partial charge in [-0.25, -0.2) is 0 Å². The summed E-state index contributed by atoms with van der Waals surface area (Å²) in [7, 11) is 0. The lowest BCUT2D eigenvalue weighted by Gasteiger charge is -2.15. The van der Waals surface area contributed by atoms with Crippen LogP contribution in [0.25, 0.3) is 0 Å². The van der Waals surface area contributed by atoms with Crippen LogP contribution in [0.2, 0.25) is 4.34 Å². The number of halogens is 2. The highest BCUT2D eigenvalue weighted by Crippen LogP contribution is 2.40. The van der Waals surface area contributed by atoms with E-state index in [0.29, 0.717) is 31.1 Å². The molecule has 0 fully saturated rings. The van der Waals surface area contributed by atoms with Crippen LogP contribution in [0.4, 0.5) is 0 Å². The third-order valence-corrected chi connectivity index (χ3v) is 5.08. The lowest BCUT2D eigenvalue weighted by Crippen LogP contribution is -2.02. The summed E-state index contributed by atoms with van der Waals surface area (Å²) in [5.41, 5.74) is 0.802. The normalized spacial score (nSPS) is 15.6. The second-order valence-electron chi connectivity index (χ2n) is 4.81. The van der Waals surface area contributed by atoms with Gasteiger partial charge in [0.25, 0.3) is 0 Å². The van der Waals surface area contributed by atoms with E-state index in [0.717, 1.165) is 25.7 Å². The van der Waals surface area contributed by atoms with Crippen molar-refractivity contribution < 1.29 is 14.6 Å². The fraction of sp³-hybridized carbons (Fsp3) is 0.333. The maximum Gasteiger partial charge on any atom is 0.175 e. The Labute approximate surface area is 140 Å². The van der Waals surface area contributed by atoms with Crippen LogP contribution < -0.4 is 9.47 Å². The van der Waals surface area contributed by atoms with E-state index in [2.05, 4.69) is 15.9 Å². The second-order valence-corrected chi connectivity index (χ2v) is 7.46. The van der Waals surface area contributed by atoms with Crippen LogP contribution in [-0.4, -0.2) is 18.3 Å². The summed E-state index contributed by atoms with van der Waals surface area (Å²) in [4.78, 5) is 1.05. The lowest BCUT2D eigenvalue weighted by atomic mass is 10.1. The molecular weight excluding hydrogens is 376 g/mol. The van der Waals surface area contributed by atoms with Crippen LogP contribution in [0.15, 0.2) is 28.7 Å². The molecule has 0 aliphatic carbocycles. The molecule has 1 unspecified atom stereocenters. The molecule has 0 saturated heterocycles. The third kappa shape index (κ3) is 3.54. The maximum absolute atomic E-state index is 10.4. The van der Waals surface area contributed by atoms with E-state index in [9.17, 15) is 5.11 Å². The molecule has 1 aromatic carbocycles. The Balaban J connectivity index is 1.84. The molecule has 3 nitrogen and oxygen atoms in total. The summed E-state index contributed by atoms with van der Waals surface area (Å²) in [6.45, 7) is 1.26. The van der Waals surface area contributed by atoms with Gasteiger partial charge in [-0.05, 0) is 45.8 Å². The average Bonchev–Trinajstić information content (AvgIpc) is 2.72. The fourth-order valence-electron chi connectivity index (χ4n) is 2.21. The molecule has 1 atom stereocenters. The van der Waals surface area contributed by atoms with Gasteiger partial charge in [0, 0.05) is 17.7 Å². The summed E-state index contributed by atoms with van der Waals surface area (Å²) in [5, 5.41) is 10.4. The number of ether oxygens (including phenoxy) is 2.